The predicted octanol–water partition coefficient (Wildman–Crippen LogP) is 6.52. The zero-order valence-electron chi connectivity index (χ0n) is 24.5. The van der Waals surface area contributed by atoms with E-state index in [1.165, 1.54) is 0 Å². The van der Waals surface area contributed by atoms with E-state index in [9.17, 15) is 0 Å². The summed E-state index contributed by atoms with van der Waals surface area (Å²) >= 11 is 0. The number of phenolic OH excluding ortho intramolecular Hbond substituents is 4. The number of hydrogen-bond acceptors (Lipinski definition) is 4. The Morgan fingerprint density at radius 2 is 0.800 bits per heavy atom. The normalized spacial score (nSPS) is 12.2. The van der Waals surface area contributed by atoms with Crippen molar-refractivity contribution in [1.82, 2.24) is 0 Å². The summed E-state index contributed by atoms with van der Waals surface area (Å²) in [6.45, 7) is 7.94. The first-order valence-electron chi connectivity index (χ1n) is 13.4. The quantitative estimate of drug-likeness (QED) is 0.212. The minimum atomic E-state index is 0.386. The third kappa shape index (κ3) is 5.43. The van der Waals surface area contributed by atoms with Crippen LogP contribution in [0.1, 0.15) is 55.6 Å². The summed E-state index contributed by atoms with van der Waals surface area (Å²) in [5.41, 5.74) is 8.96. The van der Waals surface area contributed by atoms with Gasteiger partial charge in [0.15, 0.2) is 0 Å². The summed E-state index contributed by atoms with van der Waals surface area (Å²) in [6.07, 6.45) is 1.25. The van der Waals surface area contributed by atoms with Gasteiger partial charge in [0.25, 0.3) is 5.72 Å². The first-order valence-corrected chi connectivity index (χ1v) is 11.7. The van der Waals surface area contributed by atoms with Crippen LogP contribution in [0.3, 0.4) is 0 Å². The van der Waals surface area contributed by atoms with Gasteiger partial charge >= 0.3 is 0 Å². The smallest absolute Gasteiger partial charge is 0.293 e. The maximum absolute atomic E-state index is 7.90. The van der Waals surface area contributed by atoms with Crippen molar-refractivity contribution >= 4 is 0 Å². The highest BCUT2D eigenvalue weighted by atomic mass is 16.3. The van der Waals surface area contributed by atoms with Gasteiger partial charge in [0.2, 0.25) is 0 Å². The molecule has 0 aliphatic rings. The fourth-order valence-electron chi connectivity index (χ4n) is 4.69. The van der Waals surface area contributed by atoms with Gasteiger partial charge in [-0.3, -0.25) is 0 Å². The van der Waals surface area contributed by atoms with Crippen LogP contribution in [-0.2, 0) is 19.3 Å². The molecule has 4 heteroatoms. The fraction of sp³-hybridized carbons (Fsp3) is 0.226. The molecule has 4 nitrogen and oxygen atoms in total. The molecule has 4 N–H and O–H groups in total. The molecule has 0 fully saturated rings. The standard InChI is InChI=1S/C31H32O4/c1-18-5-7-28(32)22(9-18)15-24-11-20(3)13-26(30(24)34)17-27-14-21(4)12-25(31(27)35)16-23-10-19(2)6-8-29(23)33/h5-14,32-35H,15-17H2,1-4H3/i/hD4. The second-order valence-electron chi connectivity index (χ2n) is 9.58. The summed E-state index contributed by atoms with van der Waals surface area (Å²) in [4.78, 5) is 0. The Labute approximate surface area is 212 Å². The van der Waals surface area contributed by atoms with E-state index in [1.54, 1.807) is 12.1 Å². The molecule has 4 rings (SSSR count). The van der Waals surface area contributed by atoms with Crippen molar-refractivity contribution in [1.29, 1.82) is 5.72 Å². The summed E-state index contributed by atoms with van der Waals surface area (Å²) in [6, 6.07) is 19.2. The zero-order chi connectivity index (χ0) is 28.1. The molecule has 0 saturated heterocycles. The topological polar surface area (TPSA) is 80.9 Å². The van der Waals surface area contributed by atoms with E-state index in [0.29, 0.717) is 42.3 Å². The number of aromatic hydroxyl groups is 4. The van der Waals surface area contributed by atoms with Gasteiger partial charge in [-0.1, -0.05) is 70.8 Å². The highest BCUT2D eigenvalue weighted by molar-refractivity contribution is 5.53. The van der Waals surface area contributed by atoms with Crippen LogP contribution in [0.25, 0.3) is 0 Å². The molecule has 35 heavy (non-hydrogen) atoms. The van der Waals surface area contributed by atoms with Gasteiger partial charge < -0.3 is 20.4 Å². The first kappa shape index (κ1) is 19.4. The molecule has 0 bridgehead atoms. The highest BCUT2D eigenvalue weighted by Gasteiger charge is 2.16. The van der Waals surface area contributed by atoms with E-state index in [0.717, 1.165) is 55.6 Å². The Balaban J connectivity index is 1.76. The monoisotopic (exact) mass is 472 g/mol. The maximum Gasteiger partial charge on any atom is 0.293 e. The Kier molecular flexibility index (Phi) is 5.40. The van der Waals surface area contributed by atoms with Crippen LogP contribution in [0, 0.1) is 27.7 Å². The SMILES string of the molecule is [2H]Oc1ccc(C)cc1Cc1cc(C)cc(Cc2cc(C)cc(Cc3cc(C)ccc3O[2H])c2O[2H])c1O[2H]. The largest absolute Gasteiger partial charge is 0.508 e. The Morgan fingerprint density at radius 1 is 0.457 bits per heavy atom. The average molecular weight is 473 g/mol. The van der Waals surface area contributed by atoms with Gasteiger partial charge in [-0.25, -0.2) is 0 Å². The van der Waals surface area contributed by atoms with E-state index in [2.05, 4.69) is 0 Å². The van der Waals surface area contributed by atoms with Crippen molar-refractivity contribution in [2.45, 2.75) is 47.0 Å². The Bertz CT molecular complexity index is 1380. The molecule has 0 amide bonds. The average Bonchev–Trinajstić information content (AvgIpc) is 2.89. The van der Waals surface area contributed by atoms with Gasteiger partial charge in [-0.05, 0) is 73.2 Å². The number of rotatable bonds is 10. The molecule has 4 aromatic rings. The fourth-order valence-corrected chi connectivity index (χ4v) is 4.69. The first-order chi connectivity index (χ1) is 18.8. The Hall–Kier alpha value is -3.92. The van der Waals surface area contributed by atoms with E-state index in [1.807, 2.05) is 76.2 Å². The lowest BCUT2D eigenvalue weighted by Crippen LogP contribution is -2.00. The molecule has 0 aliphatic carbocycles. The zero-order valence-corrected chi connectivity index (χ0v) is 20.5. The lowest BCUT2D eigenvalue weighted by atomic mass is 9.92. The molecule has 180 valence electrons. The number of hydrogen-bond donors (Lipinski definition) is 4. The van der Waals surface area contributed by atoms with E-state index in [4.69, 9.17) is 26.2 Å². The minimum absolute atomic E-state index is 0.386. The van der Waals surface area contributed by atoms with Crippen LogP contribution in [0.2, 0.25) is 0 Å². The van der Waals surface area contributed by atoms with Crippen molar-refractivity contribution in [2.75, 3.05) is 0 Å². The molecule has 0 aromatic heterocycles. The third-order valence-electron chi connectivity index (χ3n) is 6.35. The number of benzene rings is 4. The number of aryl methyl sites for hydroxylation is 4. The molecule has 0 saturated carbocycles. The lowest BCUT2D eigenvalue weighted by molar-refractivity contribution is 0.454. The van der Waals surface area contributed by atoms with Crippen LogP contribution in [0.15, 0.2) is 60.7 Å². The van der Waals surface area contributed by atoms with Gasteiger partial charge in [0.1, 0.15) is 23.0 Å². The molecule has 4 aromatic carbocycles. The van der Waals surface area contributed by atoms with Gasteiger partial charge in [-0.15, -0.1) is 0 Å². The minimum Gasteiger partial charge on any atom is -0.508 e. The van der Waals surface area contributed by atoms with Crippen molar-refractivity contribution < 1.29 is 20.4 Å². The van der Waals surface area contributed by atoms with Crippen LogP contribution < -0.4 is 0 Å². The van der Waals surface area contributed by atoms with E-state index in [-0.39, 0.29) is 0 Å². The summed E-state index contributed by atoms with van der Waals surface area (Å²) in [5.74, 6) is 1.78. The van der Waals surface area contributed by atoms with E-state index >= 15 is 0 Å². The molecule has 0 unspecified atom stereocenters. The van der Waals surface area contributed by atoms with Crippen molar-refractivity contribution in [3.8, 4) is 23.0 Å². The molecular weight excluding hydrogens is 436 g/mol. The molecule has 0 radical (unpaired) electrons. The Morgan fingerprint density at radius 3 is 1.14 bits per heavy atom. The van der Waals surface area contributed by atoms with Crippen LogP contribution in [-0.4, -0.2) is 26.2 Å². The molecular formula is C31H32O4. The van der Waals surface area contributed by atoms with Crippen LogP contribution in [0.4, 0.5) is 0 Å². The maximum atomic E-state index is 7.90. The molecule has 0 aliphatic heterocycles. The van der Waals surface area contributed by atoms with Crippen LogP contribution in [0.5, 0.6) is 23.0 Å². The summed E-state index contributed by atoms with van der Waals surface area (Å²) < 4.78 is 30.7. The highest BCUT2D eigenvalue weighted by Crippen LogP contribution is 2.35. The molecule has 0 spiro atoms. The van der Waals surface area contributed by atoms with Gasteiger partial charge in [-0.2, -0.15) is 0 Å². The van der Waals surface area contributed by atoms with E-state index < -0.39 is 0 Å². The van der Waals surface area contributed by atoms with Crippen molar-refractivity contribution in [3.05, 3.63) is 116 Å². The van der Waals surface area contributed by atoms with Crippen molar-refractivity contribution in [3.63, 3.8) is 0 Å². The second-order valence-corrected chi connectivity index (χ2v) is 9.58. The third-order valence-corrected chi connectivity index (χ3v) is 6.35. The van der Waals surface area contributed by atoms with Crippen molar-refractivity contribution in [2.24, 2.45) is 0 Å². The lowest BCUT2D eigenvalue weighted by Gasteiger charge is -2.16. The number of phenols is 4. The molecule has 0 atom stereocenters. The molecule has 0 heterocycles. The van der Waals surface area contributed by atoms with Gasteiger partial charge in [0, 0.05) is 19.3 Å². The summed E-state index contributed by atoms with van der Waals surface area (Å²) in [5, 5.41) is 20.1. The van der Waals surface area contributed by atoms with Crippen LogP contribution >= 0.6 is 0 Å². The predicted molar refractivity (Wildman–Crippen MR) is 140 cm³/mol. The second kappa shape index (κ2) is 9.75. The van der Waals surface area contributed by atoms with Gasteiger partial charge in [0.05, 0.1) is 0 Å². The summed E-state index contributed by atoms with van der Waals surface area (Å²) in [7, 11) is 0.